The predicted octanol–water partition coefficient (Wildman–Crippen LogP) is 2.72. The summed E-state index contributed by atoms with van der Waals surface area (Å²) >= 11 is 2.95. The highest BCUT2D eigenvalue weighted by molar-refractivity contribution is 7.99. The van der Waals surface area contributed by atoms with Crippen molar-refractivity contribution in [3.05, 3.63) is 48.2 Å². The van der Waals surface area contributed by atoms with Gasteiger partial charge in [0.05, 0.1) is 12.0 Å². The van der Waals surface area contributed by atoms with Crippen molar-refractivity contribution in [1.29, 1.82) is 0 Å². The summed E-state index contributed by atoms with van der Waals surface area (Å²) in [7, 11) is 0. The van der Waals surface area contributed by atoms with Crippen LogP contribution < -0.4 is 11.1 Å². The summed E-state index contributed by atoms with van der Waals surface area (Å²) in [6, 6.07) is 11.8. The minimum atomic E-state index is -0.422. The van der Waals surface area contributed by atoms with Crippen LogP contribution in [0.1, 0.15) is 12.0 Å². The van der Waals surface area contributed by atoms with Crippen LogP contribution in [-0.2, 0) is 16.1 Å². The average Bonchev–Trinajstić information content (AvgIpc) is 3.39. The first-order valence-corrected chi connectivity index (χ1v) is 11.3. The number of nitrogens with two attached hydrogens (primary N) is 1. The van der Waals surface area contributed by atoms with E-state index in [0.717, 1.165) is 5.75 Å². The van der Waals surface area contributed by atoms with Crippen LogP contribution in [0.3, 0.4) is 0 Å². The van der Waals surface area contributed by atoms with Gasteiger partial charge in [0, 0.05) is 30.2 Å². The molecular formula is C20H23N5O3S2. The number of amides is 2. The van der Waals surface area contributed by atoms with Gasteiger partial charge in [0.25, 0.3) is 0 Å². The molecule has 0 aliphatic heterocycles. The lowest BCUT2D eigenvalue weighted by Gasteiger charge is -2.08. The van der Waals surface area contributed by atoms with Gasteiger partial charge in [-0.25, -0.2) is 0 Å². The van der Waals surface area contributed by atoms with Crippen molar-refractivity contribution in [3.63, 3.8) is 0 Å². The fourth-order valence-electron chi connectivity index (χ4n) is 2.58. The van der Waals surface area contributed by atoms with E-state index >= 15 is 0 Å². The van der Waals surface area contributed by atoms with Gasteiger partial charge in [-0.05, 0) is 31.2 Å². The largest absolute Gasteiger partial charge is 0.461 e. The molecule has 0 fully saturated rings. The van der Waals surface area contributed by atoms with E-state index in [9.17, 15) is 9.59 Å². The van der Waals surface area contributed by atoms with Gasteiger partial charge in [-0.1, -0.05) is 29.5 Å². The number of thioether (sulfide) groups is 2. The normalized spacial score (nSPS) is 10.8. The molecule has 0 aliphatic rings. The van der Waals surface area contributed by atoms with E-state index in [1.54, 1.807) is 28.5 Å². The van der Waals surface area contributed by atoms with Gasteiger partial charge in [0.15, 0.2) is 16.7 Å². The van der Waals surface area contributed by atoms with Crippen molar-refractivity contribution in [2.24, 2.45) is 5.73 Å². The Morgan fingerprint density at radius 1 is 1.17 bits per heavy atom. The summed E-state index contributed by atoms with van der Waals surface area (Å²) in [5, 5.41) is 11.7. The van der Waals surface area contributed by atoms with Crippen molar-refractivity contribution in [3.8, 4) is 11.6 Å². The Balaban J connectivity index is 1.49. The highest BCUT2D eigenvalue weighted by Gasteiger charge is 2.17. The van der Waals surface area contributed by atoms with Crippen molar-refractivity contribution < 1.29 is 14.0 Å². The van der Waals surface area contributed by atoms with Gasteiger partial charge in [0.2, 0.25) is 11.8 Å². The maximum absolute atomic E-state index is 12.2. The molecule has 0 unspecified atom stereocenters. The van der Waals surface area contributed by atoms with Gasteiger partial charge >= 0.3 is 0 Å². The highest BCUT2D eigenvalue weighted by atomic mass is 32.2. The topological polar surface area (TPSA) is 116 Å². The van der Waals surface area contributed by atoms with Gasteiger partial charge < -0.3 is 15.5 Å². The van der Waals surface area contributed by atoms with Crippen LogP contribution in [0.15, 0.2) is 57.1 Å². The quantitative estimate of drug-likeness (QED) is 0.344. The number of rotatable bonds is 11. The van der Waals surface area contributed by atoms with E-state index in [-0.39, 0.29) is 18.1 Å². The summed E-state index contributed by atoms with van der Waals surface area (Å²) < 4.78 is 7.13. The first-order chi connectivity index (χ1) is 14.5. The summed E-state index contributed by atoms with van der Waals surface area (Å²) in [5.41, 5.74) is 6.50. The van der Waals surface area contributed by atoms with Crippen molar-refractivity contribution in [2.75, 3.05) is 18.1 Å². The number of hydrogen-bond donors (Lipinski definition) is 2. The Labute approximate surface area is 183 Å². The third kappa shape index (κ3) is 6.39. The zero-order valence-electron chi connectivity index (χ0n) is 16.5. The van der Waals surface area contributed by atoms with Gasteiger partial charge in [0.1, 0.15) is 0 Å². The van der Waals surface area contributed by atoms with E-state index < -0.39 is 5.91 Å². The Kier molecular flexibility index (Phi) is 7.97. The second-order valence-corrected chi connectivity index (χ2v) is 8.56. The summed E-state index contributed by atoms with van der Waals surface area (Å²) in [4.78, 5) is 24.6. The van der Waals surface area contributed by atoms with Crippen molar-refractivity contribution in [2.45, 2.75) is 29.9 Å². The highest BCUT2D eigenvalue weighted by Crippen LogP contribution is 2.24. The molecule has 2 heterocycles. The van der Waals surface area contributed by atoms with E-state index in [1.165, 1.54) is 28.5 Å². The van der Waals surface area contributed by atoms with Crippen LogP contribution in [0.5, 0.6) is 0 Å². The lowest BCUT2D eigenvalue weighted by molar-refractivity contribution is -0.119. The summed E-state index contributed by atoms with van der Waals surface area (Å²) in [5.74, 6) is 1.51. The van der Waals surface area contributed by atoms with Crippen LogP contribution in [0, 0.1) is 6.92 Å². The van der Waals surface area contributed by atoms with Gasteiger partial charge in [-0.15, -0.1) is 22.0 Å². The van der Waals surface area contributed by atoms with Crippen molar-refractivity contribution in [1.82, 2.24) is 20.1 Å². The molecule has 0 spiro atoms. The van der Waals surface area contributed by atoms with Gasteiger partial charge in [-0.2, -0.15) is 0 Å². The van der Waals surface area contributed by atoms with Crippen LogP contribution in [-0.4, -0.2) is 44.6 Å². The molecule has 1 aromatic carbocycles. The second-order valence-electron chi connectivity index (χ2n) is 6.45. The molecule has 0 saturated carbocycles. The minimum Gasteiger partial charge on any atom is -0.461 e. The number of aromatic nitrogens is 3. The molecule has 0 atom stereocenters. The van der Waals surface area contributed by atoms with Crippen molar-refractivity contribution >= 4 is 35.3 Å². The maximum Gasteiger partial charge on any atom is 0.230 e. The molecule has 2 aromatic heterocycles. The van der Waals surface area contributed by atoms with E-state index in [2.05, 4.69) is 46.7 Å². The zero-order chi connectivity index (χ0) is 21.3. The second kappa shape index (κ2) is 10.9. The fraction of sp³-hybridized carbons (Fsp3) is 0.300. The Bertz CT molecular complexity index is 971. The number of benzene rings is 1. The monoisotopic (exact) mass is 445 g/mol. The molecule has 3 N–H and O–H groups in total. The van der Waals surface area contributed by atoms with Crippen LogP contribution >= 0.6 is 23.5 Å². The fourth-order valence-corrected chi connectivity index (χ4v) is 4.14. The molecule has 10 heteroatoms. The third-order valence-electron chi connectivity index (χ3n) is 4.09. The lowest BCUT2D eigenvalue weighted by atomic mass is 10.2. The van der Waals surface area contributed by atoms with Crippen LogP contribution in [0.2, 0.25) is 0 Å². The Hall–Kier alpha value is -2.72. The zero-order valence-corrected chi connectivity index (χ0v) is 18.2. The molecular weight excluding hydrogens is 422 g/mol. The van der Waals surface area contributed by atoms with Crippen LogP contribution in [0.4, 0.5) is 0 Å². The number of primary amides is 1. The van der Waals surface area contributed by atoms with E-state index in [1.807, 2.05) is 0 Å². The average molecular weight is 446 g/mol. The molecule has 30 heavy (non-hydrogen) atoms. The number of nitrogens with zero attached hydrogens (tertiary/aromatic N) is 3. The molecule has 0 bridgehead atoms. The Morgan fingerprint density at radius 2 is 1.97 bits per heavy atom. The molecule has 158 valence electrons. The molecule has 0 radical (unpaired) electrons. The smallest absolute Gasteiger partial charge is 0.230 e. The first-order valence-electron chi connectivity index (χ1n) is 9.37. The Morgan fingerprint density at radius 3 is 2.67 bits per heavy atom. The van der Waals surface area contributed by atoms with E-state index in [4.69, 9.17) is 10.2 Å². The molecule has 3 aromatic rings. The number of carbonyl (C=O) groups is 2. The molecule has 8 nitrogen and oxygen atoms in total. The van der Waals surface area contributed by atoms with Gasteiger partial charge in [-0.3, -0.25) is 14.2 Å². The number of aryl methyl sites for hydroxylation is 1. The van der Waals surface area contributed by atoms with Crippen LogP contribution in [0.25, 0.3) is 11.6 Å². The molecule has 0 saturated heterocycles. The molecule has 2 amide bonds. The summed E-state index contributed by atoms with van der Waals surface area (Å²) in [6.07, 6.45) is 1.68. The summed E-state index contributed by atoms with van der Waals surface area (Å²) in [6.45, 7) is 2.94. The first kappa shape index (κ1) is 22.0. The number of nitrogens with one attached hydrogen (secondary N) is 1. The SMILES string of the molecule is Cc1ccc(SCCNC(=O)CSc2nnc(-c3ccco3)n2CCC(N)=O)cc1. The minimum absolute atomic E-state index is 0.0893. The predicted molar refractivity (Wildman–Crippen MR) is 117 cm³/mol. The number of furan rings is 1. The standard InChI is InChI=1S/C20H23N5O3S2/c1-14-4-6-15(7-5-14)29-12-9-22-18(27)13-30-20-24-23-19(16-3-2-11-28-16)25(20)10-8-17(21)26/h2-7,11H,8-10,12-13H2,1H3,(H2,21,26)(H,22,27). The maximum atomic E-state index is 12.2. The van der Waals surface area contributed by atoms with E-state index in [0.29, 0.717) is 29.8 Å². The molecule has 3 rings (SSSR count). The molecule has 0 aliphatic carbocycles. The lowest BCUT2D eigenvalue weighted by Crippen LogP contribution is -2.27. The number of hydrogen-bond acceptors (Lipinski definition) is 7. The number of carbonyl (C=O) groups excluding carboxylic acids is 2. The third-order valence-corrected chi connectivity index (χ3v) is 6.07.